The van der Waals surface area contributed by atoms with Gasteiger partial charge in [-0.25, -0.2) is 0 Å². The van der Waals surface area contributed by atoms with Crippen molar-refractivity contribution in [1.82, 2.24) is 0 Å². The predicted molar refractivity (Wildman–Crippen MR) is 81.4 cm³/mol. The molecule has 0 radical (unpaired) electrons. The van der Waals surface area contributed by atoms with E-state index in [9.17, 15) is 36.6 Å². The van der Waals surface area contributed by atoms with Gasteiger partial charge in [0, 0.05) is 0 Å². The van der Waals surface area contributed by atoms with Crippen LogP contribution in [0, 0.1) is 11.8 Å². The van der Waals surface area contributed by atoms with Gasteiger partial charge in [-0.2, -0.15) is 16.8 Å². The maximum Gasteiger partial charge on any atom is 1.00 e. The molecule has 0 amide bonds. The summed E-state index contributed by atoms with van der Waals surface area (Å²) in [6.45, 7) is 0. The number of hydrogen-bond donors (Lipinski definition) is 0. The Hall–Kier alpha value is -0.720. The molecule has 0 N–H and O–H groups in total. The van der Waals surface area contributed by atoms with Gasteiger partial charge in [0.25, 0.3) is 0 Å². The van der Waals surface area contributed by atoms with Crippen molar-refractivity contribution in [2.75, 3.05) is 0 Å². The molecule has 0 bridgehead atoms. The molecule has 0 aliphatic heterocycles. The Morgan fingerprint density at radius 2 is 1.00 bits per heavy atom. The number of allylic oxidation sites excluding steroid dienone is 6. The van der Waals surface area contributed by atoms with Crippen LogP contribution < -0.4 is 69.3 Å². The standard InChI is InChI=1S/2C7H6O4S.2Na/c2*8-7(9)5-3-1-2-4-6(5)12(10)11;;/h2*1-5H,(H,8,9);;/q;;2*+1/p-2. The molecule has 0 heterocycles. The molecule has 12 heteroatoms. The minimum Gasteiger partial charge on any atom is -0.549 e. The van der Waals surface area contributed by atoms with E-state index in [4.69, 9.17) is 0 Å². The minimum absolute atomic E-state index is 0. The number of carboxylic acid groups (broad SMARTS) is 2. The first kappa shape index (κ1) is 27.5. The van der Waals surface area contributed by atoms with E-state index in [1.54, 1.807) is 0 Å². The van der Waals surface area contributed by atoms with Gasteiger partial charge in [0.05, 0.1) is 33.5 Å². The largest absolute Gasteiger partial charge is 1.00 e. The fourth-order valence-electron chi connectivity index (χ4n) is 1.76. The van der Waals surface area contributed by atoms with Gasteiger partial charge in [0.2, 0.25) is 20.6 Å². The van der Waals surface area contributed by atoms with Crippen molar-refractivity contribution in [3.63, 3.8) is 0 Å². The molecule has 2 unspecified atom stereocenters. The summed E-state index contributed by atoms with van der Waals surface area (Å²) in [4.78, 5) is 20.4. The van der Waals surface area contributed by atoms with Crippen LogP contribution in [-0.2, 0) is 30.2 Å². The predicted octanol–water partition coefficient (Wildman–Crippen LogP) is -8.93. The average Bonchev–Trinajstić information content (AvgIpc) is 2.55. The van der Waals surface area contributed by atoms with E-state index >= 15 is 0 Å². The van der Waals surface area contributed by atoms with Crippen LogP contribution in [0.2, 0.25) is 0 Å². The summed E-state index contributed by atoms with van der Waals surface area (Å²) in [5.74, 6) is -5.11. The van der Waals surface area contributed by atoms with Crippen molar-refractivity contribution in [2.45, 2.75) is 0 Å². The van der Waals surface area contributed by atoms with Crippen LogP contribution in [0.4, 0.5) is 0 Å². The zero-order valence-corrected chi connectivity index (χ0v) is 19.5. The van der Waals surface area contributed by atoms with Gasteiger partial charge >= 0.3 is 59.1 Å². The normalized spacial score (nSPS) is 19.4. The number of aliphatic carboxylic acids is 2. The summed E-state index contributed by atoms with van der Waals surface area (Å²) in [5, 5.41) is 20.8. The summed E-state index contributed by atoms with van der Waals surface area (Å²) in [5.41, 5.74) is 0. The molecular weight excluding hydrogens is 406 g/mol. The summed E-state index contributed by atoms with van der Waals surface area (Å²) in [7, 11) is -4.99. The van der Waals surface area contributed by atoms with E-state index in [-0.39, 0.29) is 68.8 Å². The van der Waals surface area contributed by atoms with Gasteiger partial charge in [-0.15, -0.1) is 0 Å². The van der Waals surface area contributed by atoms with Crippen LogP contribution in [0.25, 0.3) is 0 Å². The Balaban J connectivity index is 0. The summed E-state index contributed by atoms with van der Waals surface area (Å²) < 4.78 is 41.8. The molecule has 0 saturated carbocycles. The fraction of sp³-hybridized carbons (Fsp3) is 0.143. The van der Waals surface area contributed by atoms with Crippen LogP contribution in [0.3, 0.4) is 0 Å². The number of rotatable bonds is 2. The third kappa shape index (κ3) is 8.31. The maximum absolute atomic E-state index is 10.5. The Morgan fingerprint density at radius 3 is 1.19 bits per heavy atom. The molecule has 2 aliphatic carbocycles. The molecule has 128 valence electrons. The van der Waals surface area contributed by atoms with Crippen LogP contribution in [0.15, 0.2) is 48.6 Å². The van der Waals surface area contributed by atoms with Crippen molar-refractivity contribution in [1.29, 1.82) is 0 Å². The van der Waals surface area contributed by atoms with Crippen LogP contribution in [0.5, 0.6) is 0 Å². The second-order valence-electron chi connectivity index (χ2n) is 4.36. The molecular formula is C14H10Na2O8S2. The average molecular weight is 416 g/mol. The van der Waals surface area contributed by atoms with E-state index in [0.717, 1.165) is 0 Å². The van der Waals surface area contributed by atoms with E-state index in [0.29, 0.717) is 0 Å². The first-order chi connectivity index (χ1) is 11.3. The summed E-state index contributed by atoms with van der Waals surface area (Å²) in [6, 6.07) is 0. The Bertz CT molecular complexity index is 843. The zero-order valence-electron chi connectivity index (χ0n) is 13.9. The topological polar surface area (TPSA) is 149 Å². The first-order valence-electron chi connectivity index (χ1n) is 6.29. The molecule has 0 spiro atoms. The van der Waals surface area contributed by atoms with E-state index < -0.39 is 44.4 Å². The molecule has 0 saturated heterocycles. The molecule has 0 fully saturated rings. The van der Waals surface area contributed by atoms with Gasteiger partial charge in [-0.05, 0) is 12.2 Å². The molecule has 0 aromatic rings. The fourth-order valence-corrected chi connectivity index (χ4v) is 2.90. The number of hydrogen-bond acceptors (Lipinski definition) is 8. The second-order valence-corrected chi connectivity index (χ2v) is 6.24. The first-order valence-corrected chi connectivity index (χ1v) is 8.44. The monoisotopic (exact) mass is 416 g/mol. The van der Waals surface area contributed by atoms with Crippen molar-refractivity contribution in [2.24, 2.45) is 11.8 Å². The zero-order chi connectivity index (χ0) is 18.3. The smallest absolute Gasteiger partial charge is 0.549 e. The summed E-state index contributed by atoms with van der Waals surface area (Å²) in [6.07, 6.45) is 10.9. The summed E-state index contributed by atoms with van der Waals surface area (Å²) >= 11 is 0. The van der Waals surface area contributed by atoms with Gasteiger partial charge in [-0.1, -0.05) is 36.5 Å². The molecule has 0 aromatic heterocycles. The third-order valence-electron chi connectivity index (χ3n) is 2.86. The molecule has 0 aromatic carbocycles. The van der Waals surface area contributed by atoms with Gasteiger partial charge in [-0.3, -0.25) is 0 Å². The molecule has 2 atom stereocenters. The van der Waals surface area contributed by atoms with Gasteiger partial charge < -0.3 is 19.8 Å². The van der Waals surface area contributed by atoms with Crippen molar-refractivity contribution in [3.05, 3.63) is 48.6 Å². The Kier molecular flexibility index (Phi) is 14.2. The SMILES string of the molecule is O=C([O-])C1C=CC=CC1=S(=O)=O.O=C([O-])C1C=CC=CC1=S(=O)=O.[Na+].[Na+]. The number of carbonyl (C=O) groups is 2. The molecule has 26 heavy (non-hydrogen) atoms. The van der Waals surface area contributed by atoms with Crippen molar-refractivity contribution < 1.29 is 95.8 Å². The van der Waals surface area contributed by atoms with Crippen molar-refractivity contribution in [3.8, 4) is 0 Å². The molecule has 2 aliphatic rings. The van der Waals surface area contributed by atoms with Crippen LogP contribution in [-0.4, -0.2) is 38.5 Å². The molecule has 8 nitrogen and oxygen atoms in total. The Labute approximate surface area is 196 Å². The maximum atomic E-state index is 10.5. The van der Waals surface area contributed by atoms with Crippen LogP contribution in [0.1, 0.15) is 0 Å². The number of carboxylic acids is 2. The quantitative estimate of drug-likeness (QED) is 0.318. The minimum atomic E-state index is -2.49. The second kappa shape index (κ2) is 13.4. The van der Waals surface area contributed by atoms with Crippen molar-refractivity contribution >= 4 is 42.3 Å². The van der Waals surface area contributed by atoms with E-state index in [2.05, 4.69) is 0 Å². The van der Waals surface area contributed by atoms with Gasteiger partial charge in [0.1, 0.15) is 0 Å². The molecule has 2 rings (SSSR count). The van der Waals surface area contributed by atoms with Crippen LogP contribution >= 0.6 is 0 Å². The van der Waals surface area contributed by atoms with E-state index in [1.807, 2.05) is 0 Å². The third-order valence-corrected chi connectivity index (χ3v) is 4.41. The number of carbonyl (C=O) groups excluding carboxylic acids is 2. The van der Waals surface area contributed by atoms with Gasteiger partial charge in [0.15, 0.2) is 0 Å². The Morgan fingerprint density at radius 1 is 0.692 bits per heavy atom. The van der Waals surface area contributed by atoms with E-state index in [1.165, 1.54) is 48.6 Å².